The van der Waals surface area contributed by atoms with Crippen molar-refractivity contribution in [3.63, 3.8) is 0 Å². The SMILES string of the molecule is Cc1cccc(C)c1NC(=O)C1(C(=O)NCCc2cccc(Cl)c2)CC1. The van der Waals surface area contributed by atoms with Crippen molar-refractivity contribution < 1.29 is 9.59 Å². The van der Waals surface area contributed by atoms with E-state index in [0.29, 0.717) is 30.8 Å². The average molecular weight is 371 g/mol. The Bertz CT molecular complexity index is 823. The van der Waals surface area contributed by atoms with Crippen molar-refractivity contribution in [1.29, 1.82) is 0 Å². The van der Waals surface area contributed by atoms with Gasteiger partial charge in [-0.2, -0.15) is 0 Å². The van der Waals surface area contributed by atoms with Crippen molar-refractivity contribution in [3.05, 3.63) is 64.2 Å². The monoisotopic (exact) mass is 370 g/mol. The fourth-order valence-corrected chi connectivity index (χ4v) is 3.32. The van der Waals surface area contributed by atoms with E-state index in [1.54, 1.807) is 0 Å². The Hall–Kier alpha value is -2.33. The second kappa shape index (κ2) is 7.50. The molecule has 2 N–H and O–H groups in total. The molecule has 5 heteroatoms. The van der Waals surface area contributed by atoms with Crippen molar-refractivity contribution >= 4 is 29.1 Å². The molecule has 1 saturated carbocycles. The Morgan fingerprint density at radius 3 is 2.31 bits per heavy atom. The van der Waals surface area contributed by atoms with Crippen LogP contribution in [0.5, 0.6) is 0 Å². The number of halogens is 1. The number of anilines is 1. The predicted octanol–water partition coefficient (Wildman–Crippen LogP) is 4.03. The van der Waals surface area contributed by atoms with Crippen LogP contribution in [0.1, 0.15) is 29.5 Å². The zero-order valence-corrected chi connectivity index (χ0v) is 15.8. The highest BCUT2D eigenvalue weighted by Crippen LogP contribution is 2.47. The maximum Gasteiger partial charge on any atom is 0.240 e. The number of rotatable bonds is 6. The minimum atomic E-state index is -0.928. The van der Waals surface area contributed by atoms with Gasteiger partial charge in [0.25, 0.3) is 0 Å². The van der Waals surface area contributed by atoms with Gasteiger partial charge in [-0.05, 0) is 61.9 Å². The smallest absolute Gasteiger partial charge is 0.240 e. The normalized spacial score (nSPS) is 14.6. The van der Waals surface area contributed by atoms with Crippen LogP contribution in [0.15, 0.2) is 42.5 Å². The molecule has 0 heterocycles. The molecule has 0 aromatic heterocycles. The summed E-state index contributed by atoms with van der Waals surface area (Å²) in [6.07, 6.45) is 1.86. The summed E-state index contributed by atoms with van der Waals surface area (Å²) >= 11 is 5.97. The van der Waals surface area contributed by atoms with E-state index in [1.165, 1.54) is 0 Å². The molecule has 3 rings (SSSR count). The third-order valence-electron chi connectivity index (χ3n) is 4.93. The van der Waals surface area contributed by atoms with Crippen LogP contribution in [0.4, 0.5) is 5.69 Å². The second-order valence-electron chi connectivity index (χ2n) is 6.94. The van der Waals surface area contributed by atoms with Crippen LogP contribution >= 0.6 is 11.6 Å². The number of amides is 2. The van der Waals surface area contributed by atoms with Gasteiger partial charge in [-0.15, -0.1) is 0 Å². The number of para-hydroxylation sites is 1. The van der Waals surface area contributed by atoms with Crippen molar-refractivity contribution in [2.24, 2.45) is 5.41 Å². The molecule has 4 nitrogen and oxygen atoms in total. The van der Waals surface area contributed by atoms with Gasteiger partial charge < -0.3 is 10.6 Å². The summed E-state index contributed by atoms with van der Waals surface area (Å²) in [5.74, 6) is -0.404. The number of nitrogens with one attached hydrogen (secondary N) is 2. The van der Waals surface area contributed by atoms with E-state index < -0.39 is 5.41 Å². The largest absolute Gasteiger partial charge is 0.355 e. The first-order chi connectivity index (χ1) is 12.4. The van der Waals surface area contributed by atoms with Crippen molar-refractivity contribution in [1.82, 2.24) is 5.32 Å². The van der Waals surface area contributed by atoms with Gasteiger partial charge in [-0.3, -0.25) is 9.59 Å². The van der Waals surface area contributed by atoms with Crippen LogP contribution < -0.4 is 10.6 Å². The Labute approximate surface area is 158 Å². The molecule has 2 amide bonds. The van der Waals surface area contributed by atoms with E-state index in [9.17, 15) is 9.59 Å². The van der Waals surface area contributed by atoms with E-state index in [2.05, 4.69) is 10.6 Å². The Balaban J connectivity index is 1.59. The molecule has 2 aromatic rings. The molecule has 0 aliphatic heterocycles. The third-order valence-corrected chi connectivity index (χ3v) is 5.16. The first-order valence-electron chi connectivity index (χ1n) is 8.83. The van der Waals surface area contributed by atoms with Crippen molar-refractivity contribution in [2.75, 3.05) is 11.9 Å². The summed E-state index contributed by atoms with van der Waals surface area (Å²) in [5, 5.41) is 6.55. The third kappa shape index (κ3) is 3.91. The first kappa shape index (κ1) is 18.5. The van der Waals surface area contributed by atoms with Crippen molar-refractivity contribution in [2.45, 2.75) is 33.1 Å². The van der Waals surface area contributed by atoms with E-state index in [0.717, 1.165) is 22.4 Å². The minimum absolute atomic E-state index is 0.191. The van der Waals surface area contributed by atoms with E-state index >= 15 is 0 Å². The van der Waals surface area contributed by atoms with E-state index in [1.807, 2.05) is 56.3 Å². The Kier molecular flexibility index (Phi) is 5.33. The fraction of sp³-hybridized carbons (Fsp3) is 0.333. The summed E-state index contributed by atoms with van der Waals surface area (Å²) in [7, 11) is 0. The quantitative estimate of drug-likeness (QED) is 0.754. The molecule has 0 unspecified atom stereocenters. The van der Waals surface area contributed by atoms with Gasteiger partial charge in [0, 0.05) is 17.3 Å². The van der Waals surface area contributed by atoms with Crippen LogP contribution in [0.2, 0.25) is 5.02 Å². The van der Waals surface area contributed by atoms with Crippen LogP contribution in [0, 0.1) is 19.3 Å². The maximum absolute atomic E-state index is 12.7. The molecule has 0 bridgehead atoms. The van der Waals surface area contributed by atoms with Gasteiger partial charge in [0.2, 0.25) is 11.8 Å². The summed E-state index contributed by atoms with van der Waals surface area (Å²) < 4.78 is 0. The summed E-state index contributed by atoms with van der Waals surface area (Å²) in [6, 6.07) is 13.4. The topological polar surface area (TPSA) is 58.2 Å². The lowest BCUT2D eigenvalue weighted by Gasteiger charge is -2.18. The fourth-order valence-electron chi connectivity index (χ4n) is 3.11. The van der Waals surface area contributed by atoms with Crippen LogP contribution in [-0.4, -0.2) is 18.4 Å². The van der Waals surface area contributed by atoms with Crippen LogP contribution in [0.25, 0.3) is 0 Å². The number of hydrogen-bond donors (Lipinski definition) is 2. The highest BCUT2D eigenvalue weighted by molar-refractivity contribution is 6.30. The van der Waals surface area contributed by atoms with E-state index in [-0.39, 0.29) is 11.8 Å². The van der Waals surface area contributed by atoms with Crippen LogP contribution in [0.3, 0.4) is 0 Å². The molecule has 136 valence electrons. The molecule has 0 saturated heterocycles. The van der Waals surface area contributed by atoms with Crippen LogP contribution in [-0.2, 0) is 16.0 Å². The highest BCUT2D eigenvalue weighted by Gasteiger charge is 2.56. The Morgan fingerprint density at radius 1 is 1.04 bits per heavy atom. The maximum atomic E-state index is 12.7. The first-order valence-corrected chi connectivity index (χ1v) is 9.20. The molecule has 0 spiro atoms. The standard InChI is InChI=1S/C21H23ClN2O2/c1-14-5-3-6-15(2)18(14)24-20(26)21(10-11-21)19(25)23-12-9-16-7-4-8-17(22)13-16/h3-8,13H,9-12H2,1-2H3,(H,23,25)(H,24,26). The lowest BCUT2D eigenvalue weighted by molar-refractivity contribution is -0.134. The molecule has 26 heavy (non-hydrogen) atoms. The van der Waals surface area contributed by atoms with Gasteiger partial charge in [-0.25, -0.2) is 0 Å². The van der Waals surface area contributed by atoms with Gasteiger partial charge in [0.15, 0.2) is 0 Å². The Morgan fingerprint density at radius 2 is 1.69 bits per heavy atom. The average Bonchev–Trinajstić information content (AvgIpc) is 3.40. The summed E-state index contributed by atoms with van der Waals surface area (Å²) in [5.41, 5.74) is 2.92. The molecule has 0 radical (unpaired) electrons. The molecule has 1 aliphatic carbocycles. The van der Waals surface area contributed by atoms with E-state index in [4.69, 9.17) is 11.6 Å². The predicted molar refractivity (Wildman–Crippen MR) is 104 cm³/mol. The molecule has 2 aromatic carbocycles. The number of aryl methyl sites for hydroxylation is 2. The lowest BCUT2D eigenvalue weighted by atomic mass is 10.0. The van der Waals surface area contributed by atoms with Gasteiger partial charge in [-0.1, -0.05) is 41.9 Å². The molecule has 1 fully saturated rings. The lowest BCUT2D eigenvalue weighted by Crippen LogP contribution is -2.40. The highest BCUT2D eigenvalue weighted by atomic mass is 35.5. The second-order valence-corrected chi connectivity index (χ2v) is 7.38. The number of carbonyl (C=O) groups excluding carboxylic acids is 2. The molecular formula is C21H23ClN2O2. The van der Waals surface area contributed by atoms with Gasteiger partial charge >= 0.3 is 0 Å². The molecular weight excluding hydrogens is 348 g/mol. The summed E-state index contributed by atoms with van der Waals surface area (Å²) in [6.45, 7) is 4.39. The number of benzene rings is 2. The van der Waals surface area contributed by atoms with Crippen molar-refractivity contribution in [3.8, 4) is 0 Å². The number of carbonyl (C=O) groups is 2. The van der Waals surface area contributed by atoms with Gasteiger partial charge in [0.1, 0.15) is 5.41 Å². The van der Waals surface area contributed by atoms with Gasteiger partial charge in [0.05, 0.1) is 0 Å². The molecule has 1 aliphatic rings. The zero-order chi connectivity index (χ0) is 18.7. The minimum Gasteiger partial charge on any atom is -0.355 e. The number of hydrogen-bond acceptors (Lipinski definition) is 2. The zero-order valence-electron chi connectivity index (χ0n) is 15.1. The molecule has 0 atom stereocenters. The summed E-state index contributed by atoms with van der Waals surface area (Å²) in [4.78, 5) is 25.3.